The first-order valence-corrected chi connectivity index (χ1v) is 8.89. The number of benzene rings is 1. The highest BCUT2D eigenvalue weighted by Gasteiger charge is 2.28. The Morgan fingerprint density at radius 1 is 1.22 bits per heavy atom. The minimum atomic E-state index is 0.159. The van der Waals surface area contributed by atoms with E-state index in [-0.39, 0.29) is 5.91 Å². The zero-order valence-electron chi connectivity index (χ0n) is 12.5. The first-order chi connectivity index (χ1) is 11.2. The van der Waals surface area contributed by atoms with Gasteiger partial charge in [-0.3, -0.25) is 4.79 Å². The van der Waals surface area contributed by atoms with E-state index in [0.717, 1.165) is 47.2 Å². The van der Waals surface area contributed by atoms with Gasteiger partial charge in [0.05, 0.1) is 15.6 Å². The molecule has 0 aliphatic carbocycles. The summed E-state index contributed by atoms with van der Waals surface area (Å²) in [5.74, 6) is 0.970. The van der Waals surface area contributed by atoms with Crippen molar-refractivity contribution in [1.82, 2.24) is 9.88 Å². The van der Waals surface area contributed by atoms with E-state index in [4.69, 9.17) is 11.6 Å². The molecule has 1 fully saturated rings. The van der Waals surface area contributed by atoms with Crippen molar-refractivity contribution in [2.75, 3.05) is 24.5 Å². The summed E-state index contributed by atoms with van der Waals surface area (Å²) in [4.78, 5) is 23.2. The quantitative estimate of drug-likeness (QED) is 0.825. The summed E-state index contributed by atoms with van der Waals surface area (Å²) < 4.78 is 0. The van der Waals surface area contributed by atoms with Crippen LogP contribution in [0, 0.1) is 0 Å². The Labute approximate surface area is 144 Å². The lowest BCUT2D eigenvalue weighted by molar-refractivity contribution is -0.128. The molecule has 0 N–H and O–H groups in total. The van der Waals surface area contributed by atoms with Gasteiger partial charge in [0.25, 0.3) is 0 Å². The van der Waals surface area contributed by atoms with E-state index in [2.05, 4.69) is 11.1 Å². The molecule has 1 saturated heterocycles. The summed E-state index contributed by atoms with van der Waals surface area (Å²) in [6, 6.07) is 10.0. The number of amides is 1. The average Bonchev–Trinajstić information content (AvgIpc) is 3.09. The molecule has 1 amide bonds. The highest BCUT2D eigenvalue weighted by Crippen LogP contribution is 2.47. The van der Waals surface area contributed by atoms with Crippen molar-refractivity contribution in [1.29, 1.82) is 0 Å². The Bertz CT molecular complexity index is 761. The lowest BCUT2D eigenvalue weighted by atomic mass is 10.2. The maximum atomic E-state index is 12.6. The van der Waals surface area contributed by atoms with Gasteiger partial charge in [0, 0.05) is 24.2 Å². The van der Waals surface area contributed by atoms with Gasteiger partial charge in [0.2, 0.25) is 5.91 Å². The maximum absolute atomic E-state index is 12.6. The second-order valence-electron chi connectivity index (χ2n) is 5.72. The van der Waals surface area contributed by atoms with Crippen LogP contribution in [0.4, 0.5) is 11.5 Å². The number of halogens is 1. The fourth-order valence-corrected chi connectivity index (χ4v) is 4.38. The van der Waals surface area contributed by atoms with Gasteiger partial charge in [-0.05, 0) is 31.0 Å². The molecule has 2 aliphatic rings. The molecule has 2 aliphatic heterocycles. The third-order valence-electron chi connectivity index (χ3n) is 4.18. The Kier molecular flexibility index (Phi) is 3.91. The number of pyridine rings is 1. The number of fused-ring (bicyclic) bond motifs is 2. The van der Waals surface area contributed by atoms with Crippen LogP contribution in [0.2, 0.25) is 5.02 Å². The number of likely N-dealkylation sites (tertiary alicyclic amines) is 1. The van der Waals surface area contributed by atoms with E-state index in [0.29, 0.717) is 11.6 Å². The summed E-state index contributed by atoms with van der Waals surface area (Å²) >= 11 is 7.74. The fraction of sp³-hybridized carbons (Fsp3) is 0.294. The van der Waals surface area contributed by atoms with Crippen LogP contribution in [0.15, 0.2) is 46.3 Å². The van der Waals surface area contributed by atoms with Gasteiger partial charge in [-0.15, -0.1) is 0 Å². The minimum absolute atomic E-state index is 0.159. The molecule has 1 aromatic heterocycles. The van der Waals surface area contributed by atoms with Gasteiger partial charge in [-0.25, -0.2) is 4.98 Å². The Morgan fingerprint density at radius 3 is 2.83 bits per heavy atom. The third kappa shape index (κ3) is 2.79. The van der Waals surface area contributed by atoms with Crippen LogP contribution in [0.3, 0.4) is 0 Å². The topological polar surface area (TPSA) is 36.4 Å². The molecular formula is C17H16ClN3OS. The zero-order valence-corrected chi connectivity index (χ0v) is 14.1. The van der Waals surface area contributed by atoms with E-state index >= 15 is 0 Å². The number of para-hydroxylation sites is 1. The second kappa shape index (κ2) is 6.06. The van der Waals surface area contributed by atoms with Crippen molar-refractivity contribution < 1.29 is 4.79 Å². The van der Waals surface area contributed by atoms with Crippen LogP contribution < -0.4 is 4.90 Å². The second-order valence-corrected chi connectivity index (χ2v) is 7.24. The summed E-state index contributed by atoms with van der Waals surface area (Å²) in [5, 5.41) is 0.612. The Balaban J connectivity index is 1.71. The van der Waals surface area contributed by atoms with Crippen LogP contribution in [-0.4, -0.2) is 35.4 Å². The van der Waals surface area contributed by atoms with Crippen LogP contribution in [0.1, 0.15) is 12.8 Å². The van der Waals surface area contributed by atoms with E-state index in [9.17, 15) is 4.79 Å². The molecule has 2 aromatic rings. The van der Waals surface area contributed by atoms with Gasteiger partial charge < -0.3 is 9.80 Å². The largest absolute Gasteiger partial charge is 0.341 e. The lowest BCUT2D eigenvalue weighted by Crippen LogP contribution is -2.38. The molecule has 0 radical (unpaired) electrons. The molecule has 6 heteroatoms. The van der Waals surface area contributed by atoms with Crippen LogP contribution in [-0.2, 0) is 4.79 Å². The van der Waals surface area contributed by atoms with E-state index in [1.165, 1.54) is 0 Å². The number of hydrogen-bond acceptors (Lipinski definition) is 4. The number of carbonyl (C=O) groups excluding carboxylic acids is 1. The van der Waals surface area contributed by atoms with Crippen LogP contribution in [0.5, 0.6) is 0 Å². The third-order valence-corrected chi connectivity index (χ3v) is 5.48. The molecule has 0 spiro atoms. The monoisotopic (exact) mass is 345 g/mol. The fourth-order valence-electron chi connectivity index (χ4n) is 3.05. The van der Waals surface area contributed by atoms with Crippen molar-refractivity contribution in [2.24, 2.45) is 0 Å². The van der Waals surface area contributed by atoms with Crippen molar-refractivity contribution in [3.8, 4) is 0 Å². The van der Waals surface area contributed by atoms with Gasteiger partial charge >= 0.3 is 0 Å². The highest BCUT2D eigenvalue weighted by atomic mass is 35.5. The molecular weight excluding hydrogens is 330 g/mol. The predicted molar refractivity (Wildman–Crippen MR) is 92.6 cm³/mol. The smallest absolute Gasteiger partial charge is 0.242 e. The lowest BCUT2D eigenvalue weighted by Gasteiger charge is -2.32. The molecule has 0 saturated carbocycles. The molecule has 3 heterocycles. The highest BCUT2D eigenvalue weighted by molar-refractivity contribution is 7.99. The maximum Gasteiger partial charge on any atom is 0.242 e. The molecule has 4 rings (SSSR count). The Morgan fingerprint density at radius 2 is 2.00 bits per heavy atom. The van der Waals surface area contributed by atoms with Crippen molar-refractivity contribution in [3.05, 3.63) is 41.6 Å². The predicted octanol–water partition coefficient (Wildman–Crippen LogP) is 3.96. The molecule has 0 bridgehead atoms. The Hall–Kier alpha value is -1.72. The number of rotatable bonds is 2. The SMILES string of the molecule is O=C(CN1c2ccccc2Sc2cc(Cl)cnc21)N1CCCC1. The number of aromatic nitrogens is 1. The zero-order chi connectivity index (χ0) is 15.8. The van der Waals surface area contributed by atoms with Gasteiger partial charge in [0.1, 0.15) is 12.4 Å². The van der Waals surface area contributed by atoms with Gasteiger partial charge in [-0.2, -0.15) is 0 Å². The summed E-state index contributed by atoms with van der Waals surface area (Å²) in [6.07, 6.45) is 3.84. The van der Waals surface area contributed by atoms with Crippen LogP contribution in [0.25, 0.3) is 0 Å². The molecule has 118 valence electrons. The molecule has 4 nitrogen and oxygen atoms in total. The first kappa shape index (κ1) is 14.8. The minimum Gasteiger partial charge on any atom is -0.341 e. The number of nitrogens with zero attached hydrogens (tertiary/aromatic N) is 3. The standard InChI is InChI=1S/C17H16ClN3OS/c18-12-9-15-17(19-10-12)21(11-16(22)20-7-3-4-8-20)13-5-1-2-6-14(13)23-15/h1-2,5-6,9-10H,3-4,7-8,11H2. The molecule has 0 unspecified atom stereocenters. The number of hydrogen-bond donors (Lipinski definition) is 0. The van der Waals surface area contributed by atoms with E-state index in [1.807, 2.05) is 34.1 Å². The number of carbonyl (C=O) groups is 1. The van der Waals surface area contributed by atoms with Gasteiger partial charge in [0.15, 0.2) is 0 Å². The average molecular weight is 346 g/mol. The van der Waals surface area contributed by atoms with Gasteiger partial charge in [-0.1, -0.05) is 35.5 Å². The summed E-state index contributed by atoms with van der Waals surface area (Å²) in [7, 11) is 0. The van der Waals surface area contributed by atoms with Crippen LogP contribution >= 0.6 is 23.4 Å². The molecule has 23 heavy (non-hydrogen) atoms. The van der Waals surface area contributed by atoms with Crippen molar-refractivity contribution in [2.45, 2.75) is 22.6 Å². The summed E-state index contributed by atoms with van der Waals surface area (Å²) in [5.41, 5.74) is 1.03. The van der Waals surface area contributed by atoms with E-state index in [1.54, 1.807) is 18.0 Å². The van der Waals surface area contributed by atoms with Crippen molar-refractivity contribution >= 4 is 40.8 Å². The van der Waals surface area contributed by atoms with E-state index < -0.39 is 0 Å². The molecule has 0 atom stereocenters. The summed E-state index contributed by atoms with van der Waals surface area (Å²) in [6.45, 7) is 2.05. The number of anilines is 2. The first-order valence-electron chi connectivity index (χ1n) is 7.70. The normalized spacial score (nSPS) is 16.2. The van der Waals surface area contributed by atoms with Crippen molar-refractivity contribution in [3.63, 3.8) is 0 Å². The molecule has 1 aromatic carbocycles.